The lowest BCUT2D eigenvalue weighted by Gasteiger charge is -2.18. The molecule has 2 N–H and O–H groups in total. The predicted molar refractivity (Wildman–Crippen MR) is 109 cm³/mol. The van der Waals surface area contributed by atoms with E-state index in [4.69, 9.17) is 4.74 Å². The number of para-hydroxylation sites is 1. The van der Waals surface area contributed by atoms with Crippen molar-refractivity contribution in [3.8, 4) is 0 Å². The molecule has 6 heteroatoms. The van der Waals surface area contributed by atoms with Crippen molar-refractivity contribution < 1.29 is 19.1 Å². The fourth-order valence-electron chi connectivity index (χ4n) is 2.67. The van der Waals surface area contributed by atoms with Crippen LogP contribution in [0.15, 0.2) is 91.0 Å². The topological polar surface area (TPSA) is 84.5 Å². The average molecular weight is 388 g/mol. The van der Waals surface area contributed by atoms with Crippen molar-refractivity contribution in [3.05, 3.63) is 102 Å². The average Bonchev–Trinajstić information content (AvgIpc) is 2.77. The molecule has 0 heterocycles. The van der Waals surface area contributed by atoms with Crippen molar-refractivity contribution in [2.45, 2.75) is 6.04 Å². The maximum absolute atomic E-state index is 12.7. The minimum atomic E-state index is -1.03. The van der Waals surface area contributed by atoms with E-state index >= 15 is 0 Å². The highest BCUT2D eigenvalue weighted by Gasteiger charge is 2.25. The first-order chi connectivity index (χ1) is 14.1. The van der Waals surface area contributed by atoms with Crippen molar-refractivity contribution in [1.82, 2.24) is 5.32 Å². The van der Waals surface area contributed by atoms with E-state index in [2.05, 4.69) is 10.6 Å². The molecule has 2 amide bonds. The first kappa shape index (κ1) is 19.8. The second-order valence-corrected chi connectivity index (χ2v) is 6.21. The van der Waals surface area contributed by atoms with E-state index < -0.39 is 30.4 Å². The van der Waals surface area contributed by atoms with Crippen LogP contribution in [0, 0.1) is 0 Å². The quantitative estimate of drug-likeness (QED) is 0.608. The maximum Gasteiger partial charge on any atom is 0.333 e. The van der Waals surface area contributed by atoms with Crippen molar-refractivity contribution in [2.24, 2.45) is 0 Å². The molecule has 0 bridgehead atoms. The summed E-state index contributed by atoms with van der Waals surface area (Å²) in [5.41, 5.74) is 1.58. The van der Waals surface area contributed by atoms with E-state index in [0.717, 1.165) is 0 Å². The van der Waals surface area contributed by atoms with Gasteiger partial charge in [-0.05, 0) is 29.8 Å². The lowest BCUT2D eigenvalue weighted by molar-refractivity contribution is -0.149. The molecule has 0 aliphatic carbocycles. The molecule has 6 nitrogen and oxygen atoms in total. The highest BCUT2D eigenvalue weighted by Crippen LogP contribution is 2.16. The number of ether oxygens (including phenoxy) is 1. The largest absolute Gasteiger partial charge is 0.454 e. The molecule has 0 aliphatic heterocycles. The highest BCUT2D eigenvalue weighted by molar-refractivity contribution is 5.97. The summed E-state index contributed by atoms with van der Waals surface area (Å²) in [5, 5.41) is 5.32. The standard InChI is InChI=1S/C23H20N2O4/c26-20(24-19-14-8-3-9-15-19)16-29-23(28)21(17-10-4-1-5-11-17)25-22(27)18-12-6-2-7-13-18/h1-15,21H,16H2,(H,24,26)(H,25,27)/t21-/m1/s1. The Morgan fingerprint density at radius 2 is 1.31 bits per heavy atom. The third-order valence-electron chi connectivity index (χ3n) is 4.08. The summed E-state index contributed by atoms with van der Waals surface area (Å²) in [4.78, 5) is 37.2. The van der Waals surface area contributed by atoms with Gasteiger partial charge < -0.3 is 15.4 Å². The predicted octanol–water partition coefficient (Wildman–Crippen LogP) is 3.34. The van der Waals surface area contributed by atoms with E-state index in [9.17, 15) is 14.4 Å². The second-order valence-electron chi connectivity index (χ2n) is 6.21. The Hall–Kier alpha value is -3.93. The molecule has 0 spiro atoms. The van der Waals surface area contributed by atoms with Gasteiger partial charge >= 0.3 is 5.97 Å². The van der Waals surface area contributed by atoms with E-state index in [1.807, 2.05) is 6.07 Å². The number of benzene rings is 3. The Kier molecular flexibility index (Phi) is 6.73. The Bertz CT molecular complexity index is 960. The summed E-state index contributed by atoms with van der Waals surface area (Å²) in [6.45, 7) is -0.460. The summed E-state index contributed by atoms with van der Waals surface area (Å²) >= 11 is 0. The van der Waals surface area contributed by atoms with E-state index in [1.54, 1.807) is 84.9 Å². The number of rotatable bonds is 7. The monoisotopic (exact) mass is 388 g/mol. The first-order valence-corrected chi connectivity index (χ1v) is 9.06. The van der Waals surface area contributed by atoms with Gasteiger partial charge in [-0.3, -0.25) is 9.59 Å². The van der Waals surface area contributed by atoms with Gasteiger partial charge in [-0.25, -0.2) is 4.79 Å². The second kappa shape index (κ2) is 9.85. The molecule has 0 saturated heterocycles. The van der Waals surface area contributed by atoms with Crippen LogP contribution in [0.2, 0.25) is 0 Å². The van der Waals surface area contributed by atoms with Gasteiger partial charge in [0.25, 0.3) is 11.8 Å². The first-order valence-electron chi connectivity index (χ1n) is 9.06. The smallest absolute Gasteiger partial charge is 0.333 e. The zero-order valence-electron chi connectivity index (χ0n) is 15.6. The Balaban J connectivity index is 1.66. The molecule has 1 atom stereocenters. The number of esters is 1. The summed E-state index contributed by atoms with van der Waals surface area (Å²) < 4.78 is 5.16. The molecule has 146 valence electrons. The van der Waals surface area contributed by atoms with Crippen LogP contribution in [0.3, 0.4) is 0 Å². The molecular weight excluding hydrogens is 368 g/mol. The van der Waals surface area contributed by atoms with Crippen molar-refractivity contribution in [2.75, 3.05) is 11.9 Å². The summed E-state index contributed by atoms with van der Waals surface area (Å²) in [6.07, 6.45) is 0. The Labute approximate surface area is 168 Å². The Morgan fingerprint density at radius 3 is 1.93 bits per heavy atom. The maximum atomic E-state index is 12.7. The number of hydrogen-bond acceptors (Lipinski definition) is 4. The van der Waals surface area contributed by atoms with Crippen LogP contribution in [0.4, 0.5) is 5.69 Å². The summed E-state index contributed by atoms with van der Waals surface area (Å²) in [6, 6.07) is 25.1. The van der Waals surface area contributed by atoms with Crippen molar-refractivity contribution in [1.29, 1.82) is 0 Å². The number of nitrogens with one attached hydrogen (secondary N) is 2. The lowest BCUT2D eigenvalue weighted by Crippen LogP contribution is -2.36. The molecule has 0 unspecified atom stereocenters. The van der Waals surface area contributed by atoms with Crippen molar-refractivity contribution >= 4 is 23.5 Å². The minimum absolute atomic E-state index is 0.412. The fourth-order valence-corrected chi connectivity index (χ4v) is 2.67. The number of carbonyl (C=O) groups is 3. The van der Waals surface area contributed by atoms with Crippen LogP contribution < -0.4 is 10.6 Å². The fraction of sp³-hybridized carbons (Fsp3) is 0.0870. The van der Waals surface area contributed by atoms with E-state index in [-0.39, 0.29) is 0 Å². The number of carbonyl (C=O) groups excluding carboxylic acids is 3. The zero-order valence-corrected chi connectivity index (χ0v) is 15.6. The van der Waals surface area contributed by atoms with Gasteiger partial charge in [-0.1, -0.05) is 66.7 Å². The van der Waals surface area contributed by atoms with Gasteiger partial charge in [-0.15, -0.1) is 0 Å². The molecular formula is C23H20N2O4. The Morgan fingerprint density at radius 1 is 0.759 bits per heavy atom. The summed E-state index contributed by atoms with van der Waals surface area (Å²) in [5.74, 6) is -1.60. The van der Waals surface area contributed by atoms with Crippen LogP contribution in [-0.2, 0) is 14.3 Å². The normalized spacial score (nSPS) is 11.2. The molecule has 3 aromatic carbocycles. The van der Waals surface area contributed by atoms with Gasteiger partial charge in [0.1, 0.15) is 0 Å². The number of hydrogen-bond donors (Lipinski definition) is 2. The van der Waals surface area contributed by atoms with Crippen molar-refractivity contribution in [3.63, 3.8) is 0 Å². The van der Waals surface area contributed by atoms with Crippen LogP contribution in [0.25, 0.3) is 0 Å². The molecule has 0 radical (unpaired) electrons. The van der Waals surface area contributed by atoms with E-state index in [0.29, 0.717) is 16.8 Å². The molecule has 3 rings (SSSR count). The number of anilines is 1. The van der Waals surface area contributed by atoms with Crippen LogP contribution in [0.1, 0.15) is 22.0 Å². The van der Waals surface area contributed by atoms with Crippen LogP contribution >= 0.6 is 0 Å². The molecule has 29 heavy (non-hydrogen) atoms. The summed E-state index contributed by atoms with van der Waals surface area (Å²) in [7, 11) is 0. The molecule has 0 aliphatic rings. The van der Waals surface area contributed by atoms with Gasteiger partial charge in [0.05, 0.1) is 0 Å². The van der Waals surface area contributed by atoms with Crippen LogP contribution in [0.5, 0.6) is 0 Å². The van der Waals surface area contributed by atoms with Crippen LogP contribution in [-0.4, -0.2) is 24.4 Å². The third kappa shape index (κ3) is 5.77. The third-order valence-corrected chi connectivity index (χ3v) is 4.08. The van der Waals surface area contributed by atoms with Gasteiger partial charge in [0.2, 0.25) is 0 Å². The number of amides is 2. The molecule has 3 aromatic rings. The highest BCUT2D eigenvalue weighted by atomic mass is 16.5. The van der Waals surface area contributed by atoms with E-state index in [1.165, 1.54) is 0 Å². The molecule has 0 aromatic heterocycles. The minimum Gasteiger partial charge on any atom is -0.454 e. The van der Waals surface area contributed by atoms with Gasteiger partial charge in [0, 0.05) is 11.3 Å². The SMILES string of the molecule is O=C(COC(=O)[C@H](NC(=O)c1ccccc1)c1ccccc1)Nc1ccccc1. The zero-order chi connectivity index (χ0) is 20.5. The molecule has 0 saturated carbocycles. The van der Waals surface area contributed by atoms with Gasteiger partial charge in [0.15, 0.2) is 12.6 Å². The molecule has 0 fully saturated rings. The lowest BCUT2D eigenvalue weighted by atomic mass is 10.1. The van der Waals surface area contributed by atoms with Gasteiger partial charge in [-0.2, -0.15) is 0 Å².